The quantitative estimate of drug-likeness (QED) is 0.802. The number of halogens is 1. The van der Waals surface area contributed by atoms with Crippen molar-refractivity contribution in [2.45, 2.75) is 38.8 Å². The Hall–Kier alpha value is -0.730. The molecule has 1 fully saturated rings. The van der Waals surface area contributed by atoms with Gasteiger partial charge < -0.3 is 5.73 Å². The molecule has 0 aliphatic carbocycles. The van der Waals surface area contributed by atoms with E-state index in [1.165, 1.54) is 18.4 Å². The summed E-state index contributed by atoms with van der Waals surface area (Å²) >= 11 is 6.19. The van der Waals surface area contributed by atoms with Crippen molar-refractivity contribution in [2.24, 2.45) is 0 Å². The van der Waals surface area contributed by atoms with Gasteiger partial charge in [-0.2, -0.15) is 0 Å². The van der Waals surface area contributed by atoms with Gasteiger partial charge in [-0.3, -0.25) is 4.90 Å². The molecule has 1 aliphatic rings. The fourth-order valence-corrected chi connectivity index (χ4v) is 2.60. The minimum absolute atomic E-state index is 0.296. The number of hydrogen-bond acceptors (Lipinski definition) is 2. The summed E-state index contributed by atoms with van der Waals surface area (Å²) < 4.78 is 0. The number of likely N-dealkylation sites (tertiary alicyclic amines) is 1. The minimum atomic E-state index is 0.296. The highest BCUT2D eigenvalue weighted by Gasteiger charge is 2.31. The van der Waals surface area contributed by atoms with Crippen LogP contribution >= 0.6 is 11.6 Å². The molecule has 0 atom stereocenters. The molecular weight excluding hydrogens is 220 g/mol. The molecule has 2 N–H and O–H groups in total. The Labute approximate surface area is 102 Å². The van der Waals surface area contributed by atoms with Gasteiger partial charge >= 0.3 is 0 Å². The third-order valence-electron chi connectivity index (χ3n) is 3.51. The van der Waals surface area contributed by atoms with E-state index >= 15 is 0 Å². The highest BCUT2D eigenvalue weighted by atomic mass is 35.5. The first-order chi connectivity index (χ1) is 7.49. The molecule has 1 aliphatic heterocycles. The molecule has 0 radical (unpaired) electrons. The summed E-state index contributed by atoms with van der Waals surface area (Å²) in [5.74, 6) is 0. The number of rotatable bonds is 2. The SMILES string of the molecule is CC1(C)CCCN1Cc1ccc(N)cc1Cl. The second-order valence-corrected chi connectivity index (χ2v) is 5.60. The molecule has 88 valence electrons. The van der Waals surface area contributed by atoms with E-state index in [4.69, 9.17) is 17.3 Å². The number of nitrogen functional groups attached to an aromatic ring is 1. The van der Waals surface area contributed by atoms with Gasteiger partial charge in [0.2, 0.25) is 0 Å². The second kappa shape index (κ2) is 4.27. The van der Waals surface area contributed by atoms with Crippen LogP contribution in [-0.2, 0) is 6.54 Å². The Bertz CT molecular complexity index is 388. The Morgan fingerprint density at radius 3 is 2.75 bits per heavy atom. The van der Waals surface area contributed by atoms with E-state index in [0.717, 1.165) is 23.8 Å². The molecule has 0 amide bonds. The summed E-state index contributed by atoms with van der Waals surface area (Å²) in [6.07, 6.45) is 2.54. The zero-order valence-electron chi connectivity index (χ0n) is 9.96. The van der Waals surface area contributed by atoms with E-state index in [1.54, 1.807) is 0 Å². The van der Waals surface area contributed by atoms with Gasteiger partial charge in [0, 0.05) is 22.8 Å². The first kappa shape index (κ1) is 11.7. The average Bonchev–Trinajstić information content (AvgIpc) is 2.50. The van der Waals surface area contributed by atoms with Crippen molar-refractivity contribution in [3.05, 3.63) is 28.8 Å². The first-order valence-corrected chi connectivity index (χ1v) is 6.16. The molecule has 2 nitrogen and oxygen atoms in total. The number of hydrogen-bond donors (Lipinski definition) is 1. The molecule has 0 unspecified atom stereocenters. The van der Waals surface area contributed by atoms with Crippen LogP contribution in [-0.4, -0.2) is 17.0 Å². The number of benzene rings is 1. The van der Waals surface area contributed by atoms with Crippen molar-refractivity contribution < 1.29 is 0 Å². The molecule has 0 spiro atoms. The lowest BCUT2D eigenvalue weighted by atomic mass is 10.0. The van der Waals surface area contributed by atoms with Gasteiger partial charge in [0.15, 0.2) is 0 Å². The second-order valence-electron chi connectivity index (χ2n) is 5.19. The predicted octanol–water partition coefficient (Wildman–Crippen LogP) is 3.30. The van der Waals surface area contributed by atoms with Crippen LogP contribution in [0.2, 0.25) is 5.02 Å². The summed E-state index contributed by atoms with van der Waals surface area (Å²) in [5.41, 5.74) is 7.89. The standard InChI is InChI=1S/C13H19ClN2/c1-13(2)6-3-7-16(13)9-10-4-5-11(15)8-12(10)14/h4-5,8H,3,6-7,9,15H2,1-2H3. The fourth-order valence-electron chi connectivity index (χ4n) is 2.35. The van der Waals surface area contributed by atoms with Gasteiger partial charge in [-0.05, 0) is 50.9 Å². The molecule has 2 rings (SSSR count). The molecule has 0 saturated carbocycles. The summed E-state index contributed by atoms with van der Waals surface area (Å²) in [4.78, 5) is 2.49. The maximum absolute atomic E-state index is 6.19. The van der Waals surface area contributed by atoms with Crippen molar-refractivity contribution in [1.82, 2.24) is 4.90 Å². The average molecular weight is 239 g/mol. The van der Waals surface area contributed by atoms with E-state index in [1.807, 2.05) is 18.2 Å². The summed E-state index contributed by atoms with van der Waals surface area (Å²) in [7, 11) is 0. The zero-order chi connectivity index (χ0) is 11.8. The third kappa shape index (κ3) is 2.33. The van der Waals surface area contributed by atoms with E-state index in [0.29, 0.717) is 5.54 Å². The van der Waals surface area contributed by atoms with Crippen molar-refractivity contribution in [2.75, 3.05) is 12.3 Å². The van der Waals surface area contributed by atoms with Crippen molar-refractivity contribution >= 4 is 17.3 Å². The first-order valence-electron chi connectivity index (χ1n) is 5.78. The van der Waals surface area contributed by atoms with Crippen LogP contribution in [0.1, 0.15) is 32.3 Å². The Morgan fingerprint density at radius 2 is 2.19 bits per heavy atom. The molecule has 1 heterocycles. The number of nitrogens with zero attached hydrogens (tertiary/aromatic N) is 1. The van der Waals surface area contributed by atoms with Crippen LogP contribution < -0.4 is 5.73 Å². The normalized spacial score (nSPS) is 20.2. The van der Waals surface area contributed by atoms with Crippen molar-refractivity contribution in [1.29, 1.82) is 0 Å². The Morgan fingerprint density at radius 1 is 1.44 bits per heavy atom. The van der Waals surface area contributed by atoms with E-state index in [2.05, 4.69) is 18.7 Å². The molecule has 0 aromatic heterocycles. The van der Waals surface area contributed by atoms with Crippen LogP contribution in [0, 0.1) is 0 Å². The zero-order valence-corrected chi connectivity index (χ0v) is 10.7. The third-order valence-corrected chi connectivity index (χ3v) is 3.86. The van der Waals surface area contributed by atoms with Crippen LogP contribution in [0.15, 0.2) is 18.2 Å². The van der Waals surface area contributed by atoms with Crippen LogP contribution in [0.25, 0.3) is 0 Å². The van der Waals surface area contributed by atoms with E-state index in [9.17, 15) is 0 Å². The summed E-state index contributed by atoms with van der Waals surface area (Å²) in [6, 6.07) is 5.79. The van der Waals surface area contributed by atoms with Gasteiger partial charge in [-0.15, -0.1) is 0 Å². The fraction of sp³-hybridized carbons (Fsp3) is 0.538. The lowest BCUT2D eigenvalue weighted by Gasteiger charge is -2.31. The molecule has 1 saturated heterocycles. The smallest absolute Gasteiger partial charge is 0.0471 e. The largest absolute Gasteiger partial charge is 0.399 e. The Kier molecular flexibility index (Phi) is 3.13. The van der Waals surface area contributed by atoms with Gasteiger partial charge in [0.05, 0.1) is 0 Å². The molecule has 1 aromatic carbocycles. The highest BCUT2D eigenvalue weighted by Crippen LogP contribution is 2.31. The van der Waals surface area contributed by atoms with Crippen LogP contribution in [0.4, 0.5) is 5.69 Å². The molecule has 3 heteroatoms. The van der Waals surface area contributed by atoms with E-state index < -0.39 is 0 Å². The number of anilines is 1. The molecule has 16 heavy (non-hydrogen) atoms. The molecular formula is C13H19ClN2. The lowest BCUT2D eigenvalue weighted by molar-refractivity contribution is 0.166. The van der Waals surface area contributed by atoms with E-state index in [-0.39, 0.29) is 0 Å². The van der Waals surface area contributed by atoms with Crippen LogP contribution in [0.3, 0.4) is 0 Å². The van der Waals surface area contributed by atoms with Gasteiger partial charge in [-0.25, -0.2) is 0 Å². The topological polar surface area (TPSA) is 29.3 Å². The summed E-state index contributed by atoms with van der Waals surface area (Å²) in [5, 5.41) is 0.780. The van der Waals surface area contributed by atoms with Gasteiger partial charge in [-0.1, -0.05) is 17.7 Å². The monoisotopic (exact) mass is 238 g/mol. The highest BCUT2D eigenvalue weighted by molar-refractivity contribution is 6.31. The maximum Gasteiger partial charge on any atom is 0.0471 e. The molecule has 1 aromatic rings. The van der Waals surface area contributed by atoms with Gasteiger partial charge in [0.1, 0.15) is 0 Å². The summed E-state index contributed by atoms with van der Waals surface area (Å²) in [6.45, 7) is 6.68. The lowest BCUT2D eigenvalue weighted by Crippen LogP contribution is -2.37. The minimum Gasteiger partial charge on any atom is -0.399 e. The van der Waals surface area contributed by atoms with Crippen molar-refractivity contribution in [3.8, 4) is 0 Å². The van der Waals surface area contributed by atoms with Gasteiger partial charge in [0.25, 0.3) is 0 Å². The Balaban J connectivity index is 2.15. The predicted molar refractivity (Wildman–Crippen MR) is 69.6 cm³/mol. The molecule has 0 bridgehead atoms. The van der Waals surface area contributed by atoms with Crippen LogP contribution in [0.5, 0.6) is 0 Å². The van der Waals surface area contributed by atoms with Crippen molar-refractivity contribution in [3.63, 3.8) is 0 Å². The number of nitrogens with two attached hydrogens (primary N) is 1. The maximum atomic E-state index is 6.19.